The molecule has 0 fully saturated rings. The predicted octanol–water partition coefficient (Wildman–Crippen LogP) is 4.95. The van der Waals surface area contributed by atoms with Gasteiger partial charge in [0.1, 0.15) is 12.4 Å². The smallest absolute Gasteiger partial charge is 0.119 e. The Kier molecular flexibility index (Phi) is 4.62. The van der Waals surface area contributed by atoms with Gasteiger partial charge in [0.15, 0.2) is 0 Å². The van der Waals surface area contributed by atoms with Crippen LogP contribution in [0.1, 0.15) is 43.4 Å². The van der Waals surface area contributed by atoms with Crippen LogP contribution in [0.2, 0.25) is 0 Å². The summed E-state index contributed by atoms with van der Waals surface area (Å²) in [4.78, 5) is 0. The van der Waals surface area contributed by atoms with Crippen LogP contribution >= 0.6 is 0 Å². The molecular weight excluding hydrogens is 232 g/mol. The Morgan fingerprint density at radius 1 is 0.895 bits per heavy atom. The molecule has 0 aromatic heterocycles. The number of aryl methyl sites for hydroxylation is 1. The number of rotatable bonds is 5. The van der Waals surface area contributed by atoms with Crippen molar-refractivity contribution in [3.05, 3.63) is 65.2 Å². The van der Waals surface area contributed by atoms with Gasteiger partial charge in [0.05, 0.1) is 0 Å². The highest BCUT2D eigenvalue weighted by Crippen LogP contribution is 2.20. The second-order valence-electron chi connectivity index (χ2n) is 5.13. The molecule has 0 aliphatic rings. The van der Waals surface area contributed by atoms with Crippen molar-refractivity contribution in [1.29, 1.82) is 0 Å². The van der Waals surface area contributed by atoms with Gasteiger partial charge in [0, 0.05) is 0 Å². The molecule has 1 nitrogen and oxygen atoms in total. The molecule has 0 N–H and O–H groups in total. The summed E-state index contributed by atoms with van der Waals surface area (Å²) in [6.45, 7) is 7.22. The minimum atomic E-state index is 0.565. The Bertz CT molecular complexity index is 511. The molecule has 2 aromatic rings. The molecule has 0 aliphatic carbocycles. The summed E-state index contributed by atoms with van der Waals surface area (Å²) in [6, 6.07) is 16.9. The van der Waals surface area contributed by atoms with Crippen LogP contribution in [0, 0.1) is 0 Å². The Labute approximate surface area is 116 Å². The molecule has 0 spiro atoms. The zero-order chi connectivity index (χ0) is 13.7. The Morgan fingerprint density at radius 3 is 2.11 bits per heavy atom. The van der Waals surface area contributed by atoms with Crippen LogP contribution in [0.15, 0.2) is 48.5 Å². The first-order valence-electron chi connectivity index (χ1n) is 7.00. The number of benzene rings is 2. The van der Waals surface area contributed by atoms with Gasteiger partial charge in [-0.05, 0) is 41.2 Å². The maximum Gasteiger partial charge on any atom is 0.119 e. The Hall–Kier alpha value is -1.76. The second kappa shape index (κ2) is 6.42. The highest BCUT2D eigenvalue weighted by atomic mass is 16.5. The number of hydrogen-bond donors (Lipinski definition) is 0. The van der Waals surface area contributed by atoms with Crippen molar-refractivity contribution in [2.45, 2.75) is 39.7 Å². The molecule has 1 heteroatoms. The van der Waals surface area contributed by atoms with E-state index in [4.69, 9.17) is 4.74 Å². The zero-order valence-corrected chi connectivity index (χ0v) is 12.0. The standard InChI is InChI=1S/C18H22O/c1-4-15-7-5-6-8-17(15)13-19-18-11-9-16(10-12-18)14(2)3/h5-12,14H,4,13H2,1-3H3. The van der Waals surface area contributed by atoms with E-state index in [1.54, 1.807) is 0 Å². The predicted molar refractivity (Wildman–Crippen MR) is 80.7 cm³/mol. The van der Waals surface area contributed by atoms with Crippen molar-refractivity contribution in [2.75, 3.05) is 0 Å². The van der Waals surface area contributed by atoms with Crippen molar-refractivity contribution in [1.82, 2.24) is 0 Å². The molecule has 2 rings (SSSR count). The van der Waals surface area contributed by atoms with Gasteiger partial charge in [0.25, 0.3) is 0 Å². The Balaban J connectivity index is 2.02. The molecule has 0 radical (unpaired) electrons. The minimum Gasteiger partial charge on any atom is -0.489 e. The first kappa shape index (κ1) is 13.7. The fourth-order valence-corrected chi connectivity index (χ4v) is 2.15. The average molecular weight is 254 g/mol. The third kappa shape index (κ3) is 3.60. The number of hydrogen-bond acceptors (Lipinski definition) is 1. The lowest BCUT2D eigenvalue weighted by Crippen LogP contribution is -1.99. The van der Waals surface area contributed by atoms with Gasteiger partial charge in [-0.3, -0.25) is 0 Å². The molecule has 0 atom stereocenters. The summed E-state index contributed by atoms with van der Waals surface area (Å²) in [5.74, 6) is 1.50. The van der Waals surface area contributed by atoms with E-state index < -0.39 is 0 Å². The largest absolute Gasteiger partial charge is 0.489 e. The van der Waals surface area contributed by atoms with Crippen LogP contribution in [0.3, 0.4) is 0 Å². The van der Waals surface area contributed by atoms with Gasteiger partial charge in [-0.15, -0.1) is 0 Å². The average Bonchev–Trinajstić information content (AvgIpc) is 2.45. The monoisotopic (exact) mass is 254 g/mol. The topological polar surface area (TPSA) is 9.23 Å². The summed E-state index contributed by atoms with van der Waals surface area (Å²) >= 11 is 0. The van der Waals surface area contributed by atoms with E-state index in [1.165, 1.54) is 16.7 Å². The Morgan fingerprint density at radius 2 is 1.53 bits per heavy atom. The summed E-state index contributed by atoms with van der Waals surface area (Å²) in [6.07, 6.45) is 1.05. The maximum absolute atomic E-state index is 5.87. The lowest BCUT2D eigenvalue weighted by atomic mass is 10.0. The van der Waals surface area contributed by atoms with Gasteiger partial charge in [-0.1, -0.05) is 57.2 Å². The molecule has 100 valence electrons. The molecule has 0 saturated heterocycles. The molecule has 0 aliphatic heterocycles. The van der Waals surface area contributed by atoms with E-state index in [1.807, 2.05) is 0 Å². The summed E-state index contributed by atoms with van der Waals surface area (Å²) in [5, 5.41) is 0. The van der Waals surface area contributed by atoms with Gasteiger partial charge in [-0.25, -0.2) is 0 Å². The van der Waals surface area contributed by atoms with Crippen molar-refractivity contribution >= 4 is 0 Å². The fraction of sp³-hybridized carbons (Fsp3) is 0.333. The number of ether oxygens (including phenoxy) is 1. The maximum atomic E-state index is 5.87. The normalized spacial score (nSPS) is 10.7. The van der Waals surface area contributed by atoms with E-state index in [0.29, 0.717) is 12.5 Å². The quantitative estimate of drug-likeness (QED) is 0.733. The lowest BCUT2D eigenvalue weighted by Gasteiger charge is -2.11. The SMILES string of the molecule is CCc1ccccc1COc1ccc(C(C)C)cc1. The van der Waals surface area contributed by atoms with E-state index in [9.17, 15) is 0 Å². The van der Waals surface area contributed by atoms with Crippen LogP contribution in [-0.2, 0) is 13.0 Å². The van der Waals surface area contributed by atoms with Gasteiger partial charge < -0.3 is 4.74 Å². The highest BCUT2D eigenvalue weighted by molar-refractivity contribution is 5.30. The molecule has 2 aromatic carbocycles. The van der Waals surface area contributed by atoms with Crippen LogP contribution in [-0.4, -0.2) is 0 Å². The second-order valence-corrected chi connectivity index (χ2v) is 5.13. The lowest BCUT2D eigenvalue weighted by molar-refractivity contribution is 0.305. The molecule has 0 bridgehead atoms. The minimum absolute atomic E-state index is 0.565. The summed E-state index contributed by atoms with van der Waals surface area (Å²) in [7, 11) is 0. The third-order valence-corrected chi connectivity index (χ3v) is 3.44. The molecular formula is C18H22O. The molecule has 0 unspecified atom stereocenters. The van der Waals surface area contributed by atoms with Gasteiger partial charge in [0.2, 0.25) is 0 Å². The first-order valence-corrected chi connectivity index (χ1v) is 7.00. The van der Waals surface area contributed by atoms with Crippen LogP contribution in [0.25, 0.3) is 0 Å². The molecule has 0 heterocycles. The summed E-state index contributed by atoms with van der Waals surface area (Å²) in [5.41, 5.74) is 3.99. The zero-order valence-electron chi connectivity index (χ0n) is 12.0. The molecule has 0 amide bonds. The van der Waals surface area contributed by atoms with Gasteiger partial charge in [-0.2, -0.15) is 0 Å². The first-order chi connectivity index (χ1) is 9.20. The molecule has 19 heavy (non-hydrogen) atoms. The highest BCUT2D eigenvalue weighted by Gasteiger charge is 2.02. The van der Waals surface area contributed by atoms with E-state index in [2.05, 4.69) is 69.3 Å². The summed E-state index contributed by atoms with van der Waals surface area (Å²) < 4.78 is 5.87. The van der Waals surface area contributed by atoms with Crippen molar-refractivity contribution < 1.29 is 4.74 Å². The van der Waals surface area contributed by atoms with Crippen LogP contribution in [0.4, 0.5) is 0 Å². The van der Waals surface area contributed by atoms with E-state index in [0.717, 1.165) is 12.2 Å². The fourth-order valence-electron chi connectivity index (χ4n) is 2.15. The van der Waals surface area contributed by atoms with E-state index >= 15 is 0 Å². The van der Waals surface area contributed by atoms with Crippen molar-refractivity contribution in [3.8, 4) is 5.75 Å². The van der Waals surface area contributed by atoms with Crippen LogP contribution < -0.4 is 4.74 Å². The van der Waals surface area contributed by atoms with E-state index in [-0.39, 0.29) is 0 Å². The van der Waals surface area contributed by atoms with Gasteiger partial charge >= 0.3 is 0 Å². The molecule has 0 saturated carbocycles. The van der Waals surface area contributed by atoms with Crippen LogP contribution in [0.5, 0.6) is 5.75 Å². The third-order valence-electron chi connectivity index (χ3n) is 3.44. The van der Waals surface area contributed by atoms with Crippen molar-refractivity contribution in [3.63, 3.8) is 0 Å². The van der Waals surface area contributed by atoms with Crippen molar-refractivity contribution in [2.24, 2.45) is 0 Å².